The summed E-state index contributed by atoms with van der Waals surface area (Å²) in [7, 11) is 0. The van der Waals surface area contributed by atoms with E-state index in [0.717, 1.165) is 17.8 Å². The van der Waals surface area contributed by atoms with Crippen LogP contribution in [0.3, 0.4) is 0 Å². The lowest BCUT2D eigenvalue weighted by Gasteiger charge is -2.13. The molecule has 4 rings (SSSR count). The second kappa shape index (κ2) is 8.03. The summed E-state index contributed by atoms with van der Waals surface area (Å²) in [4.78, 5) is 36.9. The first kappa shape index (κ1) is 18.5. The second-order valence-corrected chi connectivity index (χ2v) is 7.60. The highest BCUT2D eigenvalue weighted by Gasteiger charge is 2.28. The Morgan fingerprint density at radius 1 is 1.29 bits per heavy atom. The molecule has 3 N–H and O–H groups in total. The molecular formula is C18H19N5O4S. The predicted octanol–water partition coefficient (Wildman–Crippen LogP) is 1.86. The van der Waals surface area contributed by atoms with Crippen LogP contribution < -0.4 is 16.0 Å². The van der Waals surface area contributed by atoms with Gasteiger partial charge in [0.1, 0.15) is 17.2 Å². The van der Waals surface area contributed by atoms with Gasteiger partial charge in [-0.05, 0) is 31.4 Å². The molecule has 1 saturated heterocycles. The lowest BCUT2D eigenvalue weighted by Crippen LogP contribution is -2.41. The van der Waals surface area contributed by atoms with Crippen LogP contribution in [-0.4, -0.2) is 40.6 Å². The molecular weight excluding hydrogens is 382 g/mol. The normalized spacial score (nSPS) is 21.4. The zero-order chi connectivity index (χ0) is 19.5. The van der Waals surface area contributed by atoms with E-state index in [1.807, 2.05) is 0 Å². The van der Waals surface area contributed by atoms with E-state index in [9.17, 15) is 14.4 Å². The average Bonchev–Trinajstić information content (AvgIpc) is 3.34. The molecule has 2 aliphatic heterocycles. The molecule has 0 radical (unpaired) electrons. The van der Waals surface area contributed by atoms with Crippen LogP contribution in [0, 0.1) is 0 Å². The Balaban J connectivity index is 1.32. The Kier molecular flexibility index (Phi) is 5.31. The van der Waals surface area contributed by atoms with Crippen LogP contribution in [0.4, 0.5) is 10.8 Å². The largest absolute Gasteiger partial charge is 0.371 e. The van der Waals surface area contributed by atoms with E-state index in [4.69, 9.17) is 4.74 Å². The first-order valence-electron chi connectivity index (χ1n) is 9.06. The first-order valence-corrected chi connectivity index (χ1v) is 9.87. The Labute approximate surface area is 164 Å². The molecule has 3 amide bonds. The van der Waals surface area contributed by atoms with Gasteiger partial charge in [0.05, 0.1) is 11.3 Å². The molecule has 146 valence electrons. The Morgan fingerprint density at radius 3 is 2.96 bits per heavy atom. The minimum Gasteiger partial charge on any atom is -0.371 e. The van der Waals surface area contributed by atoms with Crippen molar-refractivity contribution in [3.8, 4) is 0 Å². The molecule has 1 fully saturated rings. The summed E-state index contributed by atoms with van der Waals surface area (Å²) < 4.78 is 5.56. The number of rotatable bonds is 5. The first-order chi connectivity index (χ1) is 13.6. The number of para-hydroxylation sites is 1. The van der Waals surface area contributed by atoms with E-state index >= 15 is 0 Å². The standard InChI is InChI=1S/C18H19N5O4S/c24-14(21-18-23-22-17(28-18)13-6-3-9-27-13)8-7-12-16(26)19-11-5-2-1-4-10(11)15(25)20-12/h1-2,4-5,12-13H,3,6-9H2,(H,19,26)(H,20,25)(H,21,23,24)/t12-,13?/m0/s1. The third-order valence-electron chi connectivity index (χ3n) is 4.60. The summed E-state index contributed by atoms with van der Waals surface area (Å²) in [5.41, 5.74) is 0.866. The van der Waals surface area contributed by atoms with Gasteiger partial charge in [0.2, 0.25) is 16.9 Å². The van der Waals surface area contributed by atoms with E-state index in [1.165, 1.54) is 11.3 Å². The molecule has 2 atom stereocenters. The molecule has 0 aliphatic carbocycles. The zero-order valence-electron chi connectivity index (χ0n) is 14.9. The van der Waals surface area contributed by atoms with Gasteiger partial charge >= 0.3 is 0 Å². The maximum atomic E-state index is 12.4. The molecule has 1 aromatic heterocycles. The SMILES string of the molecule is O=C(CC[C@@H]1NC(=O)c2ccccc2NC1=O)Nc1nnc(C2CCCO2)s1. The van der Waals surface area contributed by atoms with E-state index in [2.05, 4.69) is 26.1 Å². The molecule has 1 unspecified atom stereocenters. The van der Waals surface area contributed by atoms with Gasteiger partial charge in [-0.15, -0.1) is 10.2 Å². The van der Waals surface area contributed by atoms with Crippen LogP contribution in [0.5, 0.6) is 0 Å². The van der Waals surface area contributed by atoms with E-state index in [1.54, 1.807) is 24.3 Å². The van der Waals surface area contributed by atoms with Crippen molar-refractivity contribution in [2.75, 3.05) is 17.2 Å². The van der Waals surface area contributed by atoms with Gasteiger partial charge in [-0.2, -0.15) is 0 Å². The topological polar surface area (TPSA) is 122 Å². The quantitative estimate of drug-likeness (QED) is 0.703. The fourth-order valence-corrected chi connectivity index (χ4v) is 4.00. The number of amides is 3. The summed E-state index contributed by atoms with van der Waals surface area (Å²) in [5, 5.41) is 17.3. The number of carbonyl (C=O) groups is 3. The lowest BCUT2D eigenvalue weighted by atomic mass is 10.1. The number of anilines is 2. The zero-order valence-corrected chi connectivity index (χ0v) is 15.8. The molecule has 0 bridgehead atoms. The fraction of sp³-hybridized carbons (Fsp3) is 0.389. The van der Waals surface area contributed by atoms with Gasteiger partial charge < -0.3 is 20.7 Å². The average molecular weight is 401 g/mol. The minimum atomic E-state index is -0.789. The van der Waals surface area contributed by atoms with Crippen molar-refractivity contribution >= 4 is 39.9 Å². The third kappa shape index (κ3) is 4.02. The lowest BCUT2D eigenvalue weighted by molar-refractivity contribution is -0.118. The highest BCUT2D eigenvalue weighted by Crippen LogP contribution is 2.31. The van der Waals surface area contributed by atoms with Gasteiger partial charge in [-0.3, -0.25) is 14.4 Å². The predicted molar refractivity (Wildman–Crippen MR) is 102 cm³/mol. The molecule has 1 aromatic carbocycles. The number of fused-ring (bicyclic) bond motifs is 1. The van der Waals surface area contributed by atoms with E-state index in [-0.39, 0.29) is 36.7 Å². The molecule has 2 aliphatic rings. The number of ether oxygens (including phenoxy) is 1. The number of hydrogen-bond acceptors (Lipinski definition) is 7. The van der Waals surface area contributed by atoms with Crippen molar-refractivity contribution < 1.29 is 19.1 Å². The molecule has 0 spiro atoms. The Hall–Kier alpha value is -2.85. The summed E-state index contributed by atoms with van der Waals surface area (Å²) in [6.45, 7) is 0.713. The molecule has 10 heteroatoms. The Morgan fingerprint density at radius 2 is 2.14 bits per heavy atom. The molecule has 0 saturated carbocycles. The highest BCUT2D eigenvalue weighted by atomic mass is 32.1. The summed E-state index contributed by atoms with van der Waals surface area (Å²) in [6.07, 6.45) is 2.08. The number of carbonyl (C=O) groups excluding carboxylic acids is 3. The van der Waals surface area contributed by atoms with Crippen LogP contribution in [0.25, 0.3) is 0 Å². The molecule has 9 nitrogen and oxygen atoms in total. The smallest absolute Gasteiger partial charge is 0.254 e. The van der Waals surface area contributed by atoms with Crippen molar-refractivity contribution in [2.45, 2.75) is 37.8 Å². The van der Waals surface area contributed by atoms with Gasteiger partial charge in [0, 0.05) is 13.0 Å². The highest BCUT2D eigenvalue weighted by molar-refractivity contribution is 7.15. The van der Waals surface area contributed by atoms with Gasteiger partial charge in [0.25, 0.3) is 5.91 Å². The van der Waals surface area contributed by atoms with Gasteiger partial charge in [-0.1, -0.05) is 23.5 Å². The van der Waals surface area contributed by atoms with Crippen molar-refractivity contribution in [1.29, 1.82) is 0 Å². The monoisotopic (exact) mass is 401 g/mol. The second-order valence-electron chi connectivity index (χ2n) is 6.59. The number of nitrogens with zero attached hydrogens (tertiary/aromatic N) is 2. The molecule has 3 heterocycles. The summed E-state index contributed by atoms with van der Waals surface area (Å²) in [5.74, 6) is -0.980. The minimum absolute atomic E-state index is 0.0466. The van der Waals surface area contributed by atoms with E-state index in [0.29, 0.717) is 23.0 Å². The van der Waals surface area contributed by atoms with Crippen molar-refractivity contribution in [1.82, 2.24) is 15.5 Å². The summed E-state index contributed by atoms with van der Waals surface area (Å²) >= 11 is 1.29. The van der Waals surface area contributed by atoms with Crippen LogP contribution in [0.2, 0.25) is 0 Å². The number of benzene rings is 1. The maximum Gasteiger partial charge on any atom is 0.254 e. The van der Waals surface area contributed by atoms with Gasteiger partial charge in [0.15, 0.2) is 0 Å². The van der Waals surface area contributed by atoms with Crippen LogP contribution in [0.1, 0.15) is 47.2 Å². The van der Waals surface area contributed by atoms with Crippen molar-refractivity contribution in [2.24, 2.45) is 0 Å². The molecule has 2 aromatic rings. The van der Waals surface area contributed by atoms with Crippen LogP contribution >= 0.6 is 11.3 Å². The van der Waals surface area contributed by atoms with Crippen molar-refractivity contribution in [3.05, 3.63) is 34.8 Å². The molecule has 28 heavy (non-hydrogen) atoms. The van der Waals surface area contributed by atoms with Crippen molar-refractivity contribution in [3.63, 3.8) is 0 Å². The van der Waals surface area contributed by atoms with Gasteiger partial charge in [-0.25, -0.2) is 0 Å². The van der Waals surface area contributed by atoms with E-state index < -0.39 is 6.04 Å². The van der Waals surface area contributed by atoms with Crippen LogP contribution in [0.15, 0.2) is 24.3 Å². The summed E-state index contributed by atoms with van der Waals surface area (Å²) in [6, 6.07) is 5.99. The Bertz CT molecular complexity index is 909. The number of nitrogens with one attached hydrogen (secondary N) is 3. The fourth-order valence-electron chi connectivity index (χ4n) is 3.16. The maximum absolute atomic E-state index is 12.4. The van der Waals surface area contributed by atoms with Crippen LogP contribution in [-0.2, 0) is 14.3 Å². The third-order valence-corrected chi connectivity index (χ3v) is 5.53. The number of hydrogen-bond donors (Lipinski definition) is 3. The number of aromatic nitrogens is 2.